The molecule has 0 fully saturated rings. The standard InChI is InChI=1S/C33H34NO/c1-19(2)21-12-13-25-23(16-21)17-22-14-15-34(7)30-28-20(3)24-10-8-9-11-26(24)27(18-33(4,5)6)32(28)35-31(25)29(22)30/h8-17,19H,18H2,1-7H3/q+1. The minimum atomic E-state index is 0.133. The van der Waals surface area contributed by atoms with E-state index in [0.29, 0.717) is 5.92 Å². The second-order valence-electron chi connectivity index (χ2n) is 11.8. The Morgan fingerprint density at radius 3 is 2.31 bits per heavy atom. The van der Waals surface area contributed by atoms with Crippen LogP contribution in [0.3, 0.4) is 0 Å². The van der Waals surface area contributed by atoms with Crippen molar-refractivity contribution in [2.75, 3.05) is 0 Å². The van der Waals surface area contributed by atoms with Gasteiger partial charge in [0, 0.05) is 17.0 Å². The van der Waals surface area contributed by atoms with Gasteiger partial charge in [0.1, 0.15) is 18.5 Å². The maximum absolute atomic E-state index is 7.07. The van der Waals surface area contributed by atoms with Crippen molar-refractivity contribution in [1.29, 1.82) is 0 Å². The molecule has 2 heteroatoms. The van der Waals surface area contributed by atoms with Crippen molar-refractivity contribution >= 4 is 32.3 Å². The summed E-state index contributed by atoms with van der Waals surface area (Å²) in [5.41, 5.74) is 6.59. The number of aromatic nitrogens is 1. The highest BCUT2D eigenvalue weighted by Crippen LogP contribution is 2.53. The van der Waals surface area contributed by atoms with Crippen LogP contribution in [0.2, 0.25) is 0 Å². The molecule has 0 atom stereocenters. The molecule has 1 aliphatic heterocycles. The molecule has 1 aliphatic rings. The van der Waals surface area contributed by atoms with Gasteiger partial charge in [-0.2, -0.15) is 0 Å². The summed E-state index contributed by atoms with van der Waals surface area (Å²) in [5.74, 6) is 2.52. The third-order valence-electron chi connectivity index (χ3n) is 7.56. The summed E-state index contributed by atoms with van der Waals surface area (Å²) in [5, 5.41) is 7.50. The lowest BCUT2D eigenvalue weighted by atomic mass is 9.81. The van der Waals surface area contributed by atoms with Gasteiger partial charge in [-0.1, -0.05) is 77.1 Å². The molecule has 4 aromatic carbocycles. The molecule has 0 spiro atoms. The van der Waals surface area contributed by atoms with Crippen molar-refractivity contribution in [2.24, 2.45) is 12.5 Å². The Bertz CT molecular complexity index is 1670. The molecule has 0 saturated carbocycles. The second-order valence-corrected chi connectivity index (χ2v) is 11.8. The van der Waals surface area contributed by atoms with Gasteiger partial charge in [0.15, 0.2) is 6.20 Å². The van der Waals surface area contributed by atoms with E-state index in [1.807, 2.05) is 0 Å². The van der Waals surface area contributed by atoms with E-state index in [4.69, 9.17) is 4.74 Å². The Kier molecular flexibility index (Phi) is 4.77. The second kappa shape index (κ2) is 7.55. The van der Waals surface area contributed by atoms with Crippen LogP contribution in [0.5, 0.6) is 11.5 Å². The highest BCUT2D eigenvalue weighted by atomic mass is 16.5. The molecular formula is C33H34NO+. The van der Waals surface area contributed by atoms with Crippen molar-refractivity contribution in [1.82, 2.24) is 0 Å². The molecule has 5 aromatic rings. The first-order valence-corrected chi connectivity index (χ1v) is 12.8. The number of hydrogen-bond acceptors (Lipinski definition) is 1. The van der Waals surface area contributed by atoms with Crippen LogP contribution in [0.25, 0.3) is 43.6 Å². The predicted molar refractivity (Wildman–Crippen MR) is 148 cm³/mol. The fraction of sp³-hybridized carbons (Fsp3) is 0.303. The van der Waals surface area contributed by atoms with E-state index in [2.05, 4.69) is 114 Å². The third-order valence-corrected chi connectivity index (χ3v) is 7.56. The summed E-state index contributed by atoms with van der Waals surface area (Å²) in [6.07, 6.45) is 3.15. The van der Waals surface area contributed by atoms with Crippen LogP contribution in [-0.2, 0) is 13.5 Å². The fourth-order valence-electron chi connectivity index (χ4n) is 5.86. The minimum absolute atomic E-state index is 0.133. The molecule has 6 rings (SSSR count). The summed E-state index contributed by atoms with van der Waals surface area (Å²) in [6.45, 7) is 13.7. The molecule has 0 unspecified atom stereocenters. The Balaban J connectivity index is 1.79. The number of rotatable bonds is 2. The molecule has 35 heavy (non-hydrogen) atoms. The zero-order chi connectivity index (χ0) is 24.6. The van der Waals surface area contributed by atoms with E-state index in [9.17, 15) is 0 Å². The van der Waals surface area contributed by atoms with Crippen LogP contribution >= 0.6 is 0 Å². The molecule has 0 amide bonds. The Labute approximate surface area is 208 Å². The summed E-state index contributed by atoms with van der Waals surface area (Å²) < 4.78 is 9.35. The van der Waals surface area contributed by atoms with Crippen LogP contribution in [0, 0.1) is 12.3 Å². The van der Waals surface area contributed by atoms with E-state index in [0.717, 1.165) is 17.9 Å². The van der Waals surface area contributed by atoms with Gasteiger partial charge in [0.2, 0.25) is 5.69 Å². The molecule has 0 saturated heterocycles. The first-order valence-electron chi connectivity index (χ1n) is 12.8. The maximum Gasteiger partial charge on any atom is 0.228 e. The minimum Gasteiger partial charge on any atom is -0.455 e. The van der Waals surface area contributed by atoms with Crippen LogP contribution in [-0.4, -0.2) is 0 Å². The van der Waals surface area contributed by atoms with Crippen molar-refractivity contribution in [3.8, 4) is 22.8 Å². The van der Waals surface area contributed by atoms with Gasteiger partial charge in [-0.05, 0) is 63.4 Å². The topological polar surface area (TPSA) is 13.1 Å². The Hall–Kier alpha value is -3.39. The first kappa shape index (κ1) is 22.1. The van der Waals surface area contributed by atoms with Gasteiger partial charge in [0.25, 0.3) is 0 Å². The van der Waals surface area contributed by atoms with Crippen molar-refractivity contribution in [3.05, 3.63) is 77.5 Å². The third kappa shape index (κ3) is 3.34. The lowest BCUT2D eigenvalue weighted by Crippen LogP contribution is -2.32. The van der Waals surface area contributed by atoms with Gasteiger partial charge in [0.05, 0.1) is 10.9 Å². The fourth-order valence-corrected chi connectivity index (χ4v) is 5.86. The summed E-state index contributed by atoms with van der Waals surface area (Å²) in [6, 6.07) is 20.3. The summed E-state index contributed by atoms with van der Waals surface area (Å²) in [7, 11) is 2.16. The molecule has 176 valence electrons. The molecule has 2 nitrogen and oxygen atoms in total. The Morgan fingerprint density at radius 2 is 1.60 bits per heavy atom. The number of hydrogen-bond donors (Lipinski definition) is 0. The number of benzene rings is 4. The van der Waals surface area contributed by atoms with E-state index >= 15 is 0 Å². The van der Waals surface area contributed by atoms with Gasteiger partial charge >= 0.3 is 0 Å². The molecular weight excluding hydrogens is 426 g/mol. The van der Waals surface area contributed by atoms with Crippen LogP contribution < -0.4 is 9.30 Å². The number of pyridine rings is 1. The lowest BCUT2D eigenvalue weighted by molar-refractivity contribution is -0.659. The average Bonchev–Trinajstić information content (AvgIpc) is 2.82. The van der Waals surface area contributed by atoms with Gasteiger partial charge in [-0.15, -0.1) is 0 Å². The maximum atomic E-state index is 7.07. The van der Waals surface area contributed by atoms with Crippen molar-refractivity contribution in [3.63, 3.8) is 0 Å². The molecule has 0 aliphatic carbocycles. The number of aryl methyl sites for hydroxylation is 2. The summed E-state index contributed by atoms with van der Waals surface area (Å²) >= 11 is 0. The number of nitrogens with zero attached hydrogens (tertiary/aromatic N) is 1. The lowest BCUT2D eigenvalue weighted by Gasteiger charge is -2.28. The van der Waals surface area contributed by atoms with Crippen LogP contribution in [0.4, 0.5) is 0 Å². The van der Waals surface area contributed by atoms with Crippen molar-refractivity contribution in [2.45, 2.75) is 53.9 Å². The Morgan fingerprint density at radius 1 is 0.857 bits per heavy atom. The quantitative estimate of drug-likeness (QED) is 0.186. The highest BCUT2D eigenvalue weighted by Gasteiger charge is 2.34. The predicted octanol–water partition coefficient (Wildman–Crippen LogP) is 8.76. The molecule has 0 bridgehead atoms. The smallest absolute Gasteiger partial charge is 0.228 e. The molecule has 1 aromatic heterocycles. The van der Waals surface area contributed by atoms with E-state index in [1.165, 1.54) is 60.3 Å². The van der Waals surface area contributed by atoms with Crippen molar-refractivity contribution < 1.29 is 9.30 Å². The van der Waals surface area contributed by atoms with E-state index in [1.54, 1.807) is 0 Å². The largest absolute Gasteiger partial charge is 0.455 e. The van der Waals surface area contributed by atoms with Crippen LogP contribution in [0.15, 0.2) is 60.8 Å². The van der Waals surface area contributed by atoms with E-state index in [-0.39, 0.29) is 5.41 Å². The molecule has 0 radical (unpaired) electrons. The highest BCUT2D eigenvalue weighted by molar-refractivity contribution is 6.13. The van der Waals surface area contributed by atoms with Crippen LogP contribution in [0.1, 0.15) is 57.2 Å². The van der Waals surface area contributed by atoms with Gasteiger partial charge in [-0.3, -0.25) is 0 Å². The average molecular weight is 461 g/mol. The monoisotopic (exact) mass is 460 g/mol. The number of ether oxygens (including phenoxy) is 1. The SMILES string of the molecule is Cc1c2c(c(CC(C)(C)C)c3ccccc13)Oc1c3ccc(C(C)C)cc3cc3cc[n+](C)c-2c13. The zero-order valence-corrected chi connectivity index (χ0v) is 21.9. The number of fused-ring (bicyclic) bond motifs is 5. The zero-order valence-electron chi connectivity index (χ0n) is 21.9. The van der Waals surface area contributed by atoms with E-state index < -0.39 is 0 Å². The van der Waals surface area contributed by atoms with Gasteiger partial charge in [-0.25, -0.2) is 4.57 Å². The first-order chi connectivity index (χ1) is 16.6. The molecule has 2 heterocycles. The normalized spacial score (nSPS) is 13.0. The van der Waals surface area contributed by atoms with Gasteiger partial charge < -0.3 is 4.74 Å². The summed E-state index contributed by atoms with van der Waals surface area (Å²) in [4.78, 5) is 0. The molecule has 0 N–H and O–H groups in total.